The van der Waals surface area contributed by atoms with Crippen LogP contribution in [0.25, 0.3) is 0 Å². The van der Waals surface area contributed by atoms with Crippen molar-refractivity contribution in [1.29, 1.82) is 0 Å². The molecule has 0 bridgehead atoms. The fourth-order valence-electron chi connectivity index (χ4n) is 3.19. The lowest BCUT2D eigenvalue weighted by atomic mass is 9.97. The van der Waals surface area contributed by atoms with E-state index in [1.807, 2.05) is 11.1 Å². The second kappa shape index (κ2) is 9.33. The fourth-order valence-corrected chi connectivity index (χ4v) is 3.57. The van der Waals surface area contributed by atoms with Crippen molar-refractivity contribution in [3.8, 4) is 0 Å². The molecule has 1 amide bonds. The number of thioether (sulfide) groups is 1. The van der Waals surface area contributed by atoms with Crippen LogP contribution in [-0.4, -0.2) is 71.0 Å². The summed E-state index contributed by atoms with van der Waals surface area (Å²) in [6.07, 6.45) is 10.0. The van der Waals surface area contributed by atoms with E-state index < -0.39 is 0 Å². The molecule has 1 fully saturated rings. The molecule has 23 heavy (non-hydrogen) atoms. The van der Waals surface area contributed by atoms with E-state index in [2.05, 4.69) is 41.0 Å². The van der Waals surface area contributed by atoms with Crippen molar-refractivity contribution in [3.05, 3.63) is 18.2 Å². The molecule has 0 aromatic carbocycles. The van der Waals surface area contributed by atoms with Gasteiger partial charge in [-0.1, -0.05) is 0 Å². The van der Waals surface area contributed by atoms with Crippen LogP contribution >= 0.6 is 11.8 Å². The van der Waals surface area contributed by atoms with Gasteiger partial charge in [0.05, 0.1) is 0 Å². The van der Waals surface area contributed by atoms with E-state index in [9.17, 15) is 4.79 Å². The predicted octanol–water partition coefficient (Wildman–Crippen LogP) is 2.29. The maximum atomic E-state index is 12.3. The Bertz CT molecular complexity index is 489. The van der Waals surface area contributed by atoms with E-state index in [1.54, 1.807) is 11.8 Å². The minimum Gasteiger partial charge on any atom is -0.342 e. The molecule has 1 aliphatic rings. The molecular weight excluding hydrogens is 308 g/mol. The van der Waals surface area contributed by atoms with E-state index in [-0.39, 0.29) is 0 Å². The highest BCUT2D eigenvalue weighted by molar-refractivity contribution is 7.98. The Labute approximate surface area is 144 Å². The van der Waals surface area contributed by atoms with Crippen LogP contribution in [0, 0.1) is 0 Å². The first kappa shape index (κ1) is 18.3. The lowest BCUT2D eigenvalue weighted by Gasteiger charge is -2.33. The van der Waals surface area contributed by atoms with E-state index in [0.717, 1.165) is 57.0 Å². The van der Waals surface area contributed by atoms with Crippen LogP contribution in [-0.2, 0) is 11.3 Å². The van der Waals surface area contributed by atoms with Gasteiger partial charge < -0.3 is 14.4 Å². The number of aryl methyl sites for hydroxylation is 1. The molecule has 1 saturated heterocycles. The third-order valence-corrected chi connectivity index (χ3v) is 5.02. The highest BCUT2D eigenvalue weighted by Crippen LogP contribution is 2.26. The van der Waals surface area contributed by atoms with Crippen LogP contribution in [0.15, 0.2) is 12.4 Å². The van der Waals surface area contributed by atoms with Gasteiger partial charge in [-0.15, -0.1) is 0 Å². The standard InChI is InChI=1S/C17H30N4OS/c1-19(2)9-5-11-20-12-8-18-17(20)15-6-4-10-21(14-15)16(22)7-13-23-3/h8,12,15H,4-7,9-11,13-14H2,1-3H3. The van der Waals surface area contributed by atoms with Gasteiger partial charge in [0.2, 0.25) is 5.91 Å². The van der Waals surface area contributed by atoms with Gasteiger partial charge in [0.1, 0.15) is 5.82 Å². The second-order valence-electron chi connectivity index (χ2n) is 6.56. The summed E-state index contributed by atoms with van der Waals surface area (Å²) < 4.78 is 2.28. The number of amides is 1. The molecule has 1 aliphatic heterocycles. The van der Waals surface area contributed by atoms with Gasteiger partial charge in [-0.2, -0.15) is 11.8 Å². The number of piperidine rings is 1. The molecule has 0 N–H and O–H groups in total. The topological polar surface area (TPSA) is 41.4 Å². The van der Waals surface area contributed by atoms with Gasteiger partial charge in [0, 0.05) is 50.1 Å². The Morgan fingerprint density at radius 1 is 1.48 bits per heavy atom. The Kier molecular flexibility index (Phi) is 7.43. The first-order valence-corrected chi connectivity index (χ1v) is 9.93. The zero-order valence-electron chi connectivity index (χ0n) is 14.7. The number of aromatic nitrogens is 2. The molecular formula is C17H30N4OS. The summed E-state index contributed by atoms with van der Waals surface area (Å²) in [5.74, 6) is 2.76. The number of carbonyl (C=O) groups excluding carboxylic acids is 1. The zero-order chi connectivity index (χ0) is 16.7. The number of rotatable bonds is 8. The molecule has 5 nitrogen and oxygen atoms in total. The molecule has 1 aromatic rings. The lowest BCUT2D eigenvalue weighted by Crippen LogP contribution is -2.40. The van der Waals surface area contributed by atoms with Gasteiger partial charge in [0.25, 0.3) is 0 Å². The van der Waals surface area contributed by atoms with Crippen molar-refractivity contribution < 1.29 is 4.79 Å². The van der Waals surface area contributed by atoms with E-state index in [1.165, 1.54) is 0 Å². The minimum absolute atomic E-state index is 0.301. The van der Waals surface area contributed by atoms with Crippen molar-refractivity contribution in [2.24, 2.45) is 0 Å². The van der Waals surface area contributed by atoms with Crippen LogP contribution in [0.2, 0.25) is 0 Å². The molecule has 0 radical (unpaired) electrons. The highest BCUT2D eigenvalue weighted by Gasteiger charge is 2.27. The smallest absolute Gasteiger partial charge is 0.223 e. The Balaban J connectivity index is 1.93. The van der Waals surface area contributed by atoms with Gasteiger partial charge in [0.15, 0.2) is 0 Å². The molecule has 0 saturated carbocycles. The average Bonchev–Trinajstić information content (AvgIpc) is 3.01. The fraction of sp³-hybridized carbons (Fsp3) is 0.765. The molecule has 2 rings (SSSR count). The van der Waals surface area contributed by atoms with Crippen molar-refractivity contribution in [2.75, 3.05) is 45.7 Å². The third-order valence-electron chi connectivity index (χ3n) is 4.41. The molecule has 1 aromatic heterocycles. The Morgan fingerprint density at radius 3 is 3.04 bits per heavy atom. The van der Waals surface area contributed by atoms with Crippen LogP contribution in [0.3, 0.4) is 0 Å². The maximum absolute atomic E-state index is 12.3. The van der Waals surface area contributed by atoms with E-state index >= 15 is 0 Å². The number of nitrogens with zero attached hydrogens (tertiary/aromatic N) is 4. The molecule has 0 spiro atoms. The summed E-state index contributed by atoms with van der Waals surface area (Å²) >= 11 is 1.74. The Hall–Kier alpha value is -1.01. The molecule has 0 aliphatic carbocycles. The van der Waals surface area contributed by atoms with Crippen molar-refractivity contribution in [2.45, 2.75) is 38.1 Å². The first-order chi connectivity index (χ1) is 11.1. The molecule has 6 heteroatoms. The minimum atomic E-state index is 0.301. The quantitative estimate of drug-likeness (QED) is 0.729. The number of imidazole rings is 1. The predicted molar refractivity (Wildman–Crippen MR) is 97.0 cm³/mol. The highest BCUT2D eigenvalue weighted by atomic mass is 32.2. The first-order valence-electron chi connectivity index (χ1n) is 8.54. The Morgan fingerprint density at radius 2 is 2.30 bits per heavy atom. The van der Waals surface area contributed by atoms with E-state index in [0.29, 0.717) is 18.2 Å². The second-order valence-corrected chi connectivity index (χ2v) is 7.54. The maximum Gasteiger partial charge on any atom is 0.223 e. The van der Waals surface area contributed by atoms with Crippen LogP contribution in [0.5, 0.6) is 0 Å². The van der Waals surface area contributed by atoms with Gasteiger partial charge in [-0.25, -0.2) is 4.98 Å². The monoisotopic (exact) mass is 338 g/mol. The third kappa shape index (κ3) is 5.53. The summed E-state index contributed by atoms with van der Waals surface area (Å²) in [5.41, 5.74) is 0. The van der Waals surface area contributed by atoms with Gasteiger partial charge in [-0.3, -0.25) is 4.79 Å². The van der Waals surface area contributed by atoms with Gasteiger partial charge >= 0.3 is 0 Å². The zero-order valence-corrected chi connectivity index (χ0v) is 15.5. The SMILES string of the molecule is CSCCC(=O)N1CCCC(c2nccn2CCCN(C)C)C1. The summed E-state index contributed by atoms with van der Waals surface area (Å²) in [4.78, 5) is 21.1. The number of likely N-dealkylation sites (tertiary alicyclic amines) is 1. The normalized spacial score (nSPS) is 18.6. The largest absolute Gasteiger partial charge is 0.342 e. The average molecular weight is 339 g/mol. The molecule has 130 valence electrons. The molecule has 1 atom stereocenters. The van der Waals surface area contributed by atoms with Crippen molar-refractivity contribution in [1.82, 2.24) is 19.4 Å². The van der Waals surface area contributed by atoms with Crippen molar-refractivity contribution >= 4 is 17.7 Å². The van der Waals surface area contributed by atoms with Crippen molar-refractivity contribution in [3.63, 3.8) is 0 Å². The molecule has 1 unspecified atom stereocenters. The molecule has 2 heterocycles. The van der Waals surface area contributed by atoms with E-state index in [4.69, 9.17) is 0 Å². The van der Waals surface area contributed by atoms with Crippen LogP contribution < -0.4 is 0 Å². The summed E-state index contributed by atoms with van der Waals surface area (Å²) in [5, 5.41) is 0. The lowest BCUT2D eigenvalue weighted by molar-refractivity contribution is -0.132. The van der Waals surface area contributed by atoms with Crippen LogP contribution in [0.1, 0.15) is 37.4 Å². The van der Waals surface area contributed by atoms with Crippen LogP contribution in [0.4, 0.5) is 0 Å². The summed E-state index contributed by atoms with van der Waals surface area (Å²) in [6, 6.07) is 0. The number of carbonyl (C=O) groups is 1. The van der Waals surface area contributed by atoms with Gasteiger partial charge in [-0.05, 0) is 46.2 Å². The number of hydrogen-bond acceptors (Lipinski definition) is 4. The summed E-state index contributed by atoms with van der Waals surface area (Å²) in [7, 11) is 4.21. The summed E-state index contributed by atoms with van der Waals surface area (Å²) in [6.45, 7) is 3.83. The number of hydrogen-bond donors (Lipinski definition) is 0.